The fourth-order valence-electron chi connectivity index (χ4n) is 2.51. The van der Waals surface area contributed by atoms with Gasteiger partial charge in [-0.1, -0.05) is 0 Å². The van der Waals surface area contributed by atoms with Crippen LogP contribution >= 0.6 is 0 Å². The van der Waals surface area contributed by atoms with Crippen LogP contribution in [0.4, 0.5) is 10.1 Å². The molecule has 1 aromatic carbocycles. The van der Waals surface area contributed by atoms with Crippen molar-refractivity contribution in [2.24, 2.45) is 0 Å². The fourth-order valence-corrected chi connectivity index (χ4v) is 2.51. The molecule has 1 aromatic rings. The highest BCUT2D eigenvalue weighted by Gasteiger charge is 2.29. The fraction of sp³-hybridized carbons (Fsp3) is 0.600. The zero-order chi connectivity index (χ0) is 14.2. The van der Waals surface area contributed by atoms with Gasteiger partial charge >= 0.3 is 0 Å². The number of nitrogens with zero attached hydrogens (tertiary/aromatic N) is 1. The second-order valence-electron chi connectivity index (χ2n) is 5.87. The molecular formula is C15H22FNO2. The van der Waals surface area contributed by atoms with E-state index < -0.39 is 6.10 Å². The van der Waals surface area contributed by atoms with Gasteiger partial charge in [0.05, 0.1) is 18.3 Å². The van der Waals surface area contributed by atoms with Crippen molar-refractivity contribution in [3.63, 3.8) is 0 Å². The molecule has 4 heteroatoms. The second kappa shape index (κ2) is 5.10. The third-order valence-electron chi connectivity index (χ3n) is 3.52. The average Bonchev–Trinajstić information content (AvgIpc) is 2.30. The van der Waals surface area contributed by atoms with Gasteiger partial charge in [0.1, 0.15) is 5.82 Å². The summed E-state index contributed by atoms with van der Waals surface area (Å²) in [4.78, 5) is 2.16. The molecule has 1 unspecified atom stereocenters. The van der Waals surface area contributed by atoms with E-state index in [0.29, 0.717) is 17.7 Å². The van der Waals surface area contributed by atoms with Gasteiger partial charge in [-0.05, 0) is 45.4 Å². The van der Waals surface area contributed by atoms with Crippen LogP contribution in [-0.2, 0) is 4.74 Å². The third kappa shape index (κ3) is 3.07. The second-order valence-corrected chi connectivity index (χ2v) is 5.87. The number of hydrogen-bond acceptors (Lipinski definition) is 3. The smallest absolute Gasteiger partial charge is 0.126 e. The van der Waals surface area contributed by atoms with Crippen LogP contribution in [0.15, 0.2) is 12.1 Å². The van der Waals surface area contributed by atoms with Gasteiger partial charge in [0.15, 0.2) is 0 Å². The van der Waals surface area contributed by atoms with Crippen LogP contribution < -0.4 is 4.90 Å². The van der Waals surface area contributed by atoms with E-state index in [1.54, 1.807) is 13.8 Å². The molecule has 1 saturated heterocycles. The number of aliphatic hydroxyl groups is 1. The molecule has 0 spiro atoms. The van der Waals surface area contributed by atoms with Gasteiger partial charge in [0, 0.05) is 24.3 Å². The first-order valence-electron chi connectivity index (χ1n) is 6.67. The molecule has 1 aliphatic heterocycles. The Balaban J connectivity index is 2.40. The molecule has 1 heterocycles. The largest absolute Gasteiger partial charge is 0.389 e. The number of aryl methyl sites for hydroxylation is 1. The number of anilines is 1. The standard InChI is InChI=1S/C15H22FNO2/c1-10-7-14(12(11(2)18)8-13(10)16)17-5-6-19-15(3,4)9-17/h7-8,11,18H,5-6,9H2,1-4H3. The van der Waals surface area contributed by atoms with Crippen LogP contribution in [0.3, 0.4) is 0 Å². The Morgan fingerprint density at radius 2 is 2.11 bits per heavy atom. The Morgan fingerprint density at radius 3 is 2.68 bits per heavy atom. The molecule has 0 amide bonds. The minimum atomic E-state index is -0.684. The predicted octanol–water partition coefficient (Wildman–Crippen LogP) is 2.80. The lowest BCUT2D eigenvalue weighted by molar-refractivity contribution is -0.0278. The maximum absolute atomic E-state index is 13.7. The zero-order valence-electron chi connectivity index (χ0n) is 12.0. The molecule has 1 fully saturated rings. The van der Waals surface area contributed by atoms with Gasteiger partial charge in [-0.3, -0.25) is 0 Å². The van der Waals surface area contributed by atoms with E-state index in [1.165, 1.54) is 6.07 Å². The molecule has 0 radical (unpaired) electrons. The number of halogens is 1. The van der Waals surface area contributed by atoms with Crippen LogP contribution in [0.5, 0.6) is 0 Å². The predicted molar refractivity (Wildman–Crippen MR) is 74.0 cm³/mol. The maximum Gasteiger partial charge on any atom is 0.126 e. The van der Waals surface area contributed by atoms with E-state index in [0.717, 1.165) is 18.8 Å². The molecule has 3 nitrogen and oxygen atoms in total. The minimum absolute atomic E-state index is 0.226. The van der Waals surface area contributed by atoms with Crippen LogP contribution in [0.1, 0.15) is 38.0 Å². The quantitative estimate of drug-likeness (QED) is 0.894. The number of rotatable bonds is 2. The molecule has 0 bridgehead atoms. The van der Waals surface area contributed by atoms with E-state index in [2.05, 4.69) is 4.90 Å². The van der Waals surface area contributed by atoms with Gasteiger partial charge in [0.25, 0.3) is 0 Å². The van der Waals surface area contributed by atoms with Crippen molar-refractivity contribution in [3.05, 3.63) is 29.1 Å². The Morgan fingerprint density at radius 1 is 1.42 bits per heavy atom. The Bertz CT molecular complexity index is 471. The molecular weight excluding hydrogens is 245 g/mol. The highest BCUT2D eigenvalue weighted by Crippen LogP contribution is 2.32. The average molecular weight is 267 g/mol. The van der Waals surface area contributed by atoms with Gasteiger partial charge in [0.2, 0.25) is 0 Å². The number of aliphatic hydroxyl groups excluding tert-OH is 1. The molecule has 0 aromatic heterocycles. The third-order valence-corrected chi connectivity index (χ3v) is 3.52. The molecule has 19 heavy (non-hydrogen) atoms. The SMILES string of the molecule is Cc1cc(N2CCOC(C)(C)C2)c(C(C)O)cc1F. The van der Waals surface area contributed by atoms with Gasteiger partial charge in [-0.15, -0.1) is 0 Å². The maximum atomic E-state index is 13.7. The summed E-state index contributed by atoms with van der Waals surface area (Å²) in [5.41, 5.74) is 1.92. The summed E-state index contributed by atoms with van der Waals surface area (Å²) in [7, 11) is 0. The first kappa shape index (κ1) is 14.3. The van der Waals surface area contributed by atoms with E-state index in [-0.39, 0.29) is 11.4 Å². The van der Waals surface area contributed by atoms with Gasteiger partial charge in [-0.25, -0.2) is 4.39 Å². The van der Waals surface area contributed by atoms with E-state index in [1.807, 2.05) is 19.9 Å². The first-order chi connectivity index (χ1) is 8.80. The molecule has 1 aliphatic rings. The van der Waals surface area contributed by atoms with Gasteiger partial charge < -0.3 is 14.7 Å². The van der Waals surface area contributed by atoms with Crippen molar-refractivity contribution in [3.8, 4) is 0 Å². The summed E-state index contributed by atoms with van der Waals surface area (Å²) >= 11 is 0. The topological polar surface area (TPSA) is 32.7 Å². The van der Waals surface area contributed by atoms with Crippen molar-refractivity contribution in [1.29, 1.82) is 0 Å². The number of ether oxygens (including phenoxy) is 1. The highest BCUT2D eigenvalue weighted by molar-refractivity contribution is 5.57. The van der Waals surface area contributed by atoms with E-state index in [4.69, 9.17) is 4.74 Å². The van der Waals surface area contributed by atoms with Crippen molar-refractivity contribution in [2.45, 2.75) is 39.4 Å². The Labute approximate surface area is 114 Å². The number of benzene rings is 1. The van der Waals surface area contributed by atoms with E-state index >= 15 is 0 Å². The summed E-state index contributed by atoms with van der Waals surface area (Å²) in [6.45, 7) is 9.62. The zero-order valence-corrected chi connectivity index (χ0v) is 12.0. The molecule has 106 valence electrons. The normalized spacial score (nSPS) is 20.4. The summed E-state index contributed by atoms with van der Waals surface area (Å²) in [6.07, 6.45) is -0.684. The molecule has 1 N–H and O–H groups in total. The lowest BCUT2D eigenvalue weighted by Gasteiger charge is -2.40. The first-order valence-corrected chi connectivity index (χ1v) is 6.67. The van der Waals surface area contributed by atoms with Crippen molar-refractivity contribution >= 4 is 5.69 Å². The van der Waals surface area contributed by atoms with E-state index in [9.17, 15) is 9.50 Å². The molecule has 2 rings (SSSR count). The van der Waals surface area contributed by atoms with Crippen LogP contribution in [0.25, 0.3) is 0 Å². The summed E-state index contributed by atoms with van der Waals surface area (Å²) < 4.78 is 19.4. The van der Waals surface area contributed by atoms with Crippen LogP contribution in [-0.4, -0.2) is 30.4 Å². The lowest BCUT2D eigenvalue weighted by atomic mass is 10.0. The highest BCUT2D eigenvalue weighted by atomic mass is 19.1. The van der Waals surface area contributed by atoms with Crippen molar-refractivity contribution < 1.29 is 14.2 Å². The van der Waals surface area contributed by atoms with Crippen molar-refractivity contribution in [1.82, 2.24) is 0 Å². The summed E-state index contributed by atoms with van der Waals surface area (Å²) in [6, 6.07) is 3.26. The molecule has 0 saturated carbocycles. The van der Waals surface area contributed by atoms with Crippen LogP contribution in [0, 0.1) is 12.7 Å². The van der Waals surface area contributed by atoms with Gasteiger partial charge in [-0.2, -0.15) is 0 Å². The lowest BCUT2D eigenvalue weighted by Crippen LogP contribution is -2.48. The molecule has 1 atom stereocenters. The minimum Gasteiger partial charge on any atom is -0.389 e. The number of hydrogen-bond donors (Lipinski definition) is 1. The molecule has 0 aliphatic carbocycles. The van der Waals surface area contributed by atoms with Crippen LogP contribution in [0.2, 0.25) is 0 Å². The Hall–Kier alpha value is -1.13. The summed E-state index contributed by atoms with van der Waals surface area (Å²) in [5.74, 6) is -0.271. The summed E-state index contributed by atoms with van der Waals surface area (Å²) in [5, 5.41) is 9.86. The van der Waals surface area contributed by atoms with Crippen molar-refractivity contribution in [2.75, 3.05) is 24.6 Å². The monoisotopic (exact) mass is 267 g/mol. The number of morpholine rings is 1. The Kier molecular flexibility index (Phi) is 3.83.